The van der Waals surface area contributed by atoms with Gasteiger partial charge >= 0.3 is 0 Å². The summed E-state index contributed by atoms with van der Waals surface area (Å²) in [6.45, 7) is 8.87. The summed E-state index contributed by atoms with van der Waals surface area (Å²) in [7, 11) is 0. The smallest absolute Gasteiger partial charge is 0.213 e. The molecule has 1 aromatic rings. The molecule has 0 aliphatic rings. The lowest BCUT2D eigenvalue weighted by molar-refractivity contribution is -0.0593. The van der Waals surface area contributed by atoms with Crippen molar-refractivity contribution >= 4 is 11.6 Å². The van der Waals surface area contributed by atoms with E-state index in [1.165, 1.54) is 11.1 Å². The fraction of sp³-hybridized carbons (Fsp3) is 0.571. The minimum atomic E-state index is -0.374. The Bertz CT molecular complexity index is 350. The average molecular weight is 257 g/mol. The molecule has 1 atom stereocenters. The van der Waals surface area contributed by atoms with Crippen molar-refractivity contribution < 1.29 is 9.47 Å². The fourth-order valence-electron chi connectivity index (χ4n) is 1.66. The third kappa shape index (κ3) is 4.21. The molecular weight excluding hydrogens is 236 g/mol. The molecule has 3 heteroatoms. The van der Waals surface area contributed by atoms with Crippen LogP contribution in [0.15, 0.2) is 18.2 Å². The minimum absolute atomic E-state index is 0.333. The van der Waals surface area contributed by atoms with E-state index in [0.717, 1.165) is 5.75 Å². The zero-order chi connectivity index (χ0) is 12.8. The van der Waals surface area contributed by atoms with Crippen LogP contribution in [0.1, 0.15) is 37.8 Å². The van der Waals surface area contributed by atoms with Gasteiger partial charge in [-0.05, 0) is 37.0 Å². The molecule has 1 aromatic carbocycles. The Morgan fingerprint density at radius 3 is 2.53 bits per heavy atom. The van der Waals surface area contributed by atoms with Crippen LogP contribution >= 0.6 is 11.6 Å². The number of alkyl halides is 1. The summed E-state index contributed by atoms with van der Waals surface area (Å²) in [5.41, 5.74) is 2.36. The van der Waals surface area contributed by atoms with Gasteiger partial charge in [0, 0.05) is 6.61 Å². The molecule has 0 spiro atoms. The maximum Gasteiger partial charge on any atom is 0.213 e. The first-order valence-electron chi connectivity index (χ1n) is 6.03. The summed E-state index contributed by atoms with van der Waals surface area (Å²) in [5.74, 6) is 1.63. The standard InChI is InChI=1S/C14H21ClO2/c1-5-16-14(9-15)17-13-8-11(4)6-7-12(13)10(2)3/h6-8,10,14H,5,9H2,1-4H3. The van der Waals surface area contributed by atoms with Gasteiger partial charge in [0.1, 0.15) is 5.75 Å². The maximum atomic E-state index is 5.82. The molecule has 0 saturated heterocycles. The second-order valence-electron chi connectivity index (χ2n) is 4.35. The summed E-state index contributed by atoms with van der Waals surface area (Å²) >= 11 is 5.82. The van der Waals surface area contributed by atoms with Crippen molar-refractivity contribution in [1.29, 1.82) is 0 Å². The molecule has 0 bridgehead atoms. The lowest BCUT2D eigenvalue weighted by Gasteiger charge is -2.20. The molecule has 0 aliphatic carbocycles. The van der Waals surface area contributed by atoms with Crippen LogP contribution in [0, 0.1) is 6.92 Å². The van der Waals surface area contributed by atoms with Gasteiger partial charge in [-0.2, -0.15) is 0 Å². The van der Waals surface area contributed by atoms with Crippen molar-refractivity contribution in [1.82, 2.24) is 0 Å². The second-order valence-corrected chi connectivity index (χ2v) is 4.66. The average Bonchev–Trinajstić information content (AvgIpc) is 2.28. The largest absolute Gasteiger partial charge is 0.463 e. The molecule has 96 valence electrons. The second kappa shape index (κ2) is 6.87. The van der Waals surface area contributed by atoms with Gasteiger partial charge in [-0.1, -0.05) is 26.0 Å². The van der Waals surface area contributed by atoms with Crippen LogP contribution in [-0.2, 0) is 4.74 Å². The van der Waals surface area contributed by atoms with Crippen molar-refractivity contribution in [2.24, 2.45) is 0 Å². The highest BCUT2D eigenvalue weighted by molar-refractivity contribution is 6.18. The van der Waals surface area contributed by atoms with E-state index < -0.39 is 0 Å². The quantitative estimate of drug-likeness (QED) is 0.564. The van der Waals surface area contributed by atoms with Gasteiger partial charge in [0.25, 0.3) is 0 Å². The Kier molecular flexibility index (Phi) is 5.79. The van der Waals surface area contributed by atoms with Gasteiger partial charge < -0.3 is 9.47 Å². The Morgan fingerprint density at radius 2 is 2.00 bits per heavy atom. The van der Waals surface area contributed by atoms with E-state index in [2.05, 4.69) is 26.0 Å². The number of hydrogen-bond donors (Lipinski definition) is 0. The van der Waals surface area contributed by atoms with E-state index in [1.54, 1.807) is 0 Å². The molecule has 1 rings (SSSR count). The number of halogens is 1. The molecular formula is C14H21ClO2. The van der Waals surface area contributed by atoms with Gasteiger partial charge in [-0.3, -0.25) is 0 Å². The van der Waals surface area contributed by atoms with Crippen LogP contribution in [0.2, 0.25) is 0 Å². The monoisotopic (exact) mass is 256 g/mol. The molecule has 2 nitrogen and oxygen atoms in total. The third-order valence-electron chi connectivity index (χ3n) is 2.53. The number of ether oxygens (including phenoxy) is 2. The summed E-state index contributed by atoms with van der Waals surface area (Å²) < 4.78 is 11.2. The van der Waals surface area contributed by atoms with E-state index in [0.29, 0.717) is 18.4 Å². The molecule has 0 aromatic heterocycles. The lowest BCUT2D eigenvalue weighted by atomic mass is 10.0. The van der Waals surface area contributed by atoms with Gasteiger partial charge in [0.15, 0.2) is 0 Å². The number of rotatable bonds is 6. The molecule has 0 aliphatic heterocycles. The zero-order valence-corrected chi connectivity index (χ0v) is 11.8. The summed E-state index contributed by atoms with van der Waals surface area (Å²) in [4.78, 5) is 0. The van der Waals surface area contributed by atoms with E-state index in [4.69, 9.17) is 21.1 Å². The normalized spacial score (nSPS) is 12.8. The molecule has 0 radical (unpaired) electrons. The van der Waals surface area contributed by atoms with Crippen LogP contribution in [-0.4, -0.2) is 18.8 Å². The lowest BCUT2D eigenvalue weighted by Crippen LogP contribution is -2.23. The Labute approximate surface area is 109 Å². The van der Waals surface area contributed by atoms with Gasteiger partial charge in [-0.25, -0.2) is 0 Å². The number of aryl methyl sites for hydroxylation is 1. The maximum absolute atomic E-state index is 5.82. The van der Waals surface area contributed by atoms with E-state index in [-0.39, 0.29) is 6.29 Å². The van der Waals surface area contributed by atoms with Crippen LogP contribution < -0.4 is 4.74 Å². The van der Waals surface area contributed by atoms with E-state index in [1.807, 2.05) is 19.9 Å². The molecule has 0 N–H and O–H groups in total. The highest BCUT2D eigenvalue weighted by atomic mass is 35.5. The highest BCUT2D eigenvalue weighted by Crippen LogP contribution is 2.28. The van der Waals surface area contributed by atoms with Crippen molar-refractivity contribution in [3.8, 4) is 5.75 Å². The molecule has 1 unspecified atom stereocenters. The summed E-state index contributed by atoms with van der Waals surface area (Å²) in [6.07, 6.45) is -0.374. The Morgan fingerprint density at radius 1 is 1.29 bits per heavy atom. The van der Waals surface area contributed by atoms with Crippen molar-refractivity contribution in [2.45, 2.75) is 39.9 Å². The highest BCUT2D eigenvalue weighted by Gasteiger charge is 2.13. The van der Waals surface area contributed by atoms with Crippen molar-refractivity contribution in [3.05, 3.63) is 29.3 Å². The Balaban J connectivity index is 2.90. The van der Waals surface area contributed by atoms with Gasteiger partial charge in [0.05, 0.1) is 5.88 Å². The fourth-order valence-corrected chi connectivity index (χ4v) is 1.81. The van der Waals surface area contributed by atoms with Gasteiger partial charge in [0.2, 0.25) is 6.29 Å². The molecule has 0 heterocycles. The van der Waals surface area contributed by atoms with Crippen LogP contribution in [0.3, 0.4) is 0 Å². The number of benzene rings is 1. The van der Waals surface area contributed by atoms with E-state index >= 15 is 0 Å². The topological polar surface area (TPSA) is 18.5 Å². The molecule has 0 fully saturated rings. The third-order valence-corrected chi connectivity index (χ3v) is 2.78. The SMILES string of the molecule is CCOC(CCl)Oc1cc(C)ccc1C(C)C. The molecule has 0 saturated carbocycles. The zero-order valence-electron chi connectivity index (χ0n) is 11.0. The summed E-state index contributed by atoms with van der Waals surface area (Å²) in [6, 6.07) is 6.24. The first-order chi connectivity index (χ1) is 8.08. The van der Waals surface area contributed by atoms with Crippen molar-refractivity contribution in [2.75, 3.05) is 12.5 Å². The minimum Gasteiger partial charge on any atom is -0.463 e. The van der Waals surface area contributed by atoms with Crippen molar-refractivity contribution in [3.63, 3.8) is 0 Å². The summed E-state index contributed by atoms with van der Waals surface area (Å²) in [5, 5.41) is 0. The first kappa shape index (κ1) is 14.3. The van der Waals surface area contributed by atoms with Gasteiger partial charge in [-0.15, -0.1) is 11.6 Å². The molecule has 17 heavy (non-hydrogen) atoms. The molecule has 0 amide bonds. The van der Waals surface area contributed by atoms with Crippen LogP contribution in [0.5, 0.6) is 5.75 Å². The Hall–Kier alpha value is -0.730. The van der Waals surface area contributed by atoms with E-state index in [9.17, 15) is 0 Å². The first-order valence-corrected chi connectivity index (χ1v) is 6.56. The predicted octanol–water partition coefficient (Wildman–Crippen LogP) is 4.10. The van der Waals surface area contributed by atoms with Crippen LogP contribution in [0.4, 0.5) is 0 Å². The predicted molar refractivity (Wildman–Crippen MR) is 72.0 cm³/mol. The van der Waals surface area contributed by atoms with Crippen LogP contribution in [0.25, 0.3) is 0 Å². The number of hydrogen-bond acceptors (Lipinski definition) is 2.